The molecule has 59 heavy (non-hydrogen) atoms. The number of unbranched alkanes of at least 4 members (excludes halogenated alkanes) is 27. The van der Waals surface area contributed by atoms with Crippen molar-refractivity contribution in [2.24, 2.45) is 0 Å². The van der Waals surface area contributed by atoms with Crippen molar-refractivity contribution in [2.75, 3.05) is 6.61 Å². The molecule has 1 aliphatic rings. The Balaban J connectivity index is 2.50. The van der Waals surface area contributed by atoms with Gasteiger partial charge in [-0.25, -0.2) is 4.57 Å². The molecular formula is C45H90NO12P. The number of aliphatic hydroxyl groups is 7. The molecule has 0 radical (unpaired) electrons. The van der Waals surface area contributed by atoms with E-state index in [0.29, 0.717) is 12.8 Å². The highest BCUT2D eigenvalue weighted by Crippen LogP contribution is 2.47. The summed E-state index contributed by atoms with van der Waals surface area (Å²) in [6.07, 6.45) is 21.4. The van der Waals surface area contributed by atoms with Crippen LogP contribution in [-0.2, 0) is 18.4 Å². The molecule has 8 atom stereocenters. The third-order valence-electron chi connectivity index (χ3n) is 12.0. The van der Waals surface area contributed by atoms with Crippen LogP contribution in [0.25, 0.3) is 0 Å². The maximum Gasteiger partial charge on any atom is 0.472 e. The molecule has 1 aliphatic carbocycles. The smallest absolute Gasteiger partial charge is 0.393 e. The van der Waals surface area contributed by atoms with Gasteiger partial charge in [-0.1, -0.05) is 200 Å². The van der Waals surface area contributed by atoms with Crippen molar-refractivity contribution >= 4 is 13.7 Å². The first kappa shape index (κ1) is 56.3. The fourth-order valence-electron chi connectivity index (χ4n) is 8.01. The van der Waals surface area contributed by atoms with Crippen LogP contribution in [0.15, 0.2) is 0 Å². The zero-order chi connectivity index (χ0) is 43.7. The van der Waals surface area contributed by atoms with Crippen LogP contribution in [0.4, 0.5) is 0 Å². The van der Waals surface area contributed by atoms with Crippen LogP contribution in [0.3, 0.4) is 0 Å². The van der Waals surface area contributed by atoms with Gasteiger partial charge in [0.25, 0.3) is 0 Å². The molecule has 14 heteroatoms. The lowest BCUT2D eigenvalue weighted by atomic mass is 9.85. The number of nitrogens with one attached hydrogen (secondary N) is 1. The molecule has 0 aromatic rings. The molecule has 352 valence electrons. The predicted octanol–water partition coefficient (Wildman–Crippen LogP) is 8.04. The number of aliphatic hydroxyl groups excluding tert-OH is 7. The maximum atomic E-state index is 13.0. The zero-order valence-electron chi connectivity index (χ0n) is 37.2. The van der Waals surface area contributed by atoms with E-state index in [0.717, 1.165) is 51.4 Å². The summed E-state index contributed by atoms with van der Waals surface area (Å²) in [5, 5.41) is 74.6. The summed E-state index contributed by atoms with van der Waals surface area (Å²) in [6, 6.07) is -1.15. The number of amides is 1. The number of hydrogen-bond donors (Lipinski definition) is 9. The molecule has 0 aromatic carbocycles. The Labute approximate surface area is 358 Å². The van der Waals surface area contributed by atoms with Gasteiger partial charge in [0.1, 0.15) is 36.6 Å². The van der Waals surface area contributed by atoms with Crippen molar-refractivity contribution in [3.05, 3.63) is 0 Å². The summed E-state index contributed by atoms with van der Waals surface area (Å²) in [5.74, 6) is -0.556. The zero-order valence-corrected chi connectivity index (χ0v) is 38.1. The van der Waals surface area contributed by atoms with Gasteiger partial charge in [-0.3, -0.25) is 13.8 Å². The fourth-order valence-corrected chi connectivity index (χ4v) is 8.98. The minimum Gasteiger partial charge on any atom is -0.393 e. The highest BCUT2D eigenvalue weighted by molar-refractivity contribution is 7.47. The SMILES string of the molecule is CCCCCCCCCCCCCCCCCC(O)C(COP(=O)(O)OC1C(O)C(O)C(O)C(O)C1O)NC(=O)CC(O)CCCCCCCCCCCCCCCC. The lowest BCUT2D eigenvalue weighted by molar-refractivity contribution is -0.220. The molecule has 0 saturated heterocycles. The average molecular weight is 868 g/mol. The summed E-state index contributed by atoms with van der Waals surface area (Å²) >= 11 is 0. The summed E-state index contributed by atoms with van der Waals surface area (Å²) in [6.45, 7) is 3.80. The molecule has 1 rings (SSSR count). The largest absolute Gasteiger partial charge is 0.472 e. The van der Waals surface area contributed by atoms with E-state index in [1.807, 2.05) is 0 Å². The van der Waals surface area contributed by atoms with Gasteiger partial charge in [0.05, 0.1) is 31.3 Å². The number of rotatable bonds is 40. The minimum absolute atomic E-state index is 0.216. The van der Waals surface area contributed by atoms with Gasteiger partial charge in [-0.15, -0.1) is 0 Å². The van der Waals surface area contributed by atoms with Crippen LogP contribution in [0.5, 0.6) is 0 Å². The van der Waals surface area contributed by atoms with E-state index in [4.69, 9.17) is 9.05 Å². The van der Waals surface area contributed by atoms with Gasteiger partial charge in [0, 0.05) is 0 Å². The Morgan fingerprint density at radius 1 is 0.525 bits per heavy atom. The van der Waals surface area contributed by atoms with Crippen LogP contribution in [0.1, 0.15) is 219 Å². The lowest BCUT2D eigenvalue weighted by Gasteiger charge is -2.41. The van der Waals surface area contributed by atoms with Crippen molar-refractivity contribution in [3.63, 3.8) is 0 Å². The molecule has 13 nitrogen and oxygen atoms in total. The molecular weight excluding hydrogens is 777 g/mol. The highest BCUT2D eigenvalue weighted by atomic mass is 31.2. The topological polar surface area (TPSA) is 226 Å². The average Bonchev–Trinajstić information content (AvgIpc) is 3.21. The van der Waals surface area contributed by atoms with E-state index in [2.05, 4.69) is 19.2 Å². The van der Waals surface area contributed by atoms with Crippen molar-refractivity contribution < 1.29 is 59.0 Å². The first-order valence-electron chi connectivity index (χ1n) is 24.1. The summed E-state index contributed by atoms with van der Waals surface area (Å²) in [4.78, 5) is 23.5. The van der Waals surface area contributed by atoms with Crippen LogP contribution >= 0.6 is 7.82 Å². The van der Waals surface area contributed by atoms with Crippen molar-refractivity contribution in [1.82, 2.24) is 5.32 Å². The van der Waals surface area contributed by atoms with E-state index in [1.165, 1.54) is 128 Å². The Hall–Kier alpha value is -0.700. The van der Waals surface area contributed by atoms with Crippen LogP contribution in [-0.4, -0.2) is 108 Å². The van der Waals surface area contributed by atoms with Crippen molar-refractivity contribution in [3.8, 4) is 0 Å². The lowest BCUT2D eigenvalue weighted by Crippen LogP contribution is -2.64. The molecule has 0 spiro atoms. The van der Waals surface area contributed by atoms with E-state index < -0.39 is 75.2 Å². The second-order valence-electron chi connectivity index (χ2n) is 17.5. The van der Waals surface area contributed by atoms with Gasteiger partial charge in [0.15, 0.2) is 0 Å². The third kappa shape index (κ3) is 27.9. The van der Waals surface area contributed by atoms with Gasteiger partial charge in [-0.05, 0) is 12.8 Å². The molecule has 0 aromatic heterocycles. The van der Waals surface area contributed by atoms with Crippen LogP contribution in [0.2, 0.25) is 0 Å². The van der Waals surface area contributed by atoms with E-state index in [1.54, 1.807) is 0 Å². The number of phosphoric ester groups is 1. The molecule has 0 bridgehead atoms. The molecule has 1 saturated carbocycles. The Morgan fingerprint density at radius 3 is 1.22 bits per heavy atom. The molecule has 0 heterocycles. The van der Waals surface area contributed by atoms with Gasteiger partial charge >= 0.3 is 7.82 Å². The number of phosphoric acid groups is 1. The second kappa shape index (κ2) is 35.7. The third-order valence-corrected chi connectivity index (χ3v) is 13.0. The fraction of sp³-hybridized carbons (Fsp3) is 0.978. The Kier molecular flexibility index (Phi) is 34.1. The Morgan fingerprint density at radius 2 is 0.847 bits per heavy atom. The van der Waals surface area contributed by atoms with E-state index in [-0.39, 0.29) is 12.8 Å². The first-order valence-corrected chi connectivity index (χ1v) is 25.6. The predicted molar refractivity (Wildman–Crippen MR) is 234 cm³/mol. The second-order valence-corrected chi connectivity index (χ2v) is 18.9. The number of hydrogen-bond acceptors (Lipinski definition) is 11. The molecule has 0 aliphatic heterocycles. The first-order chi connectivity index (χ1) is 28.3. The summed E-state index contributed by atoms with van der Waals surface area (Å²) in [5.41, 5.74) is 0. The number of carbonyl (C=O) groups is 1. The molecule has 1 amide bonds. The normalized spacial score (nSPS) is 23.5. The highest BCUT2D eigenvalue weighted by Gasteiger charge is 2.51. The van der Waals surface area contributed by atoms with E-state index >= 15 is 0 Å². The molecule has 9 N–H and O–H groups in total. The van der Waals surface area contributed by atoms with E-state index in [9.17, 15) is 50.0 Å². The standard InChI is InChI=1S/C45H90NO12P/c1-3-5-7-9-11-13-15-17-19-21-23-25-27-29-31-33-38(48)37(35-57-59(55,56)58-45-43(53)41(51)40(50)42(52)44(45)54)46-39(49)34-36(47)32-30-28-26-24-22-20-18-16-14-12-10-8-6-4-2/h36-38,40-45,47-48,50-54H,3-35H2,1-2H3,(H,46,49)(H,55,56). The summed E-state index contributed by atoms with van der Waals surface area (Å²) < 4.78 is 22.9. The minimum atomic E-state index is -5.11. The Bertz CT molecular complexity index is 1030. The van der Waals surface area contributed by atoms with Crippen LogP contribution in [0, 0.1) is 0 Å². The number of carbonyl (C=O) groups excluding carboxylic acids is 1. The van der Waals surface area contributed by atoms with Crippen LogP contribution < -0.4 is 5.32 Å². The monoisotopic (exact) mass is 868 g/mol. The van der Waals surface area contributed by atoms with Gasteiger partial charge in [-0.2, -0.15) is 0 Å². The van der Waals surface area contributed by atoms with Crippen molar-refractivity contribution in [1.29, 1.82) is 0 Å². The molecule has 8 unspecified atom stereocenters. The van der Waals surface area contributed by atoms with Crippen molar-refractivity contribution in [2.45, 2.75) is 274 Å². The molecule has 1 fully saturated rings. The maximum absolute atomic E-state index is 13.0. The summed E-state index contributed by atoms with van der Waals surface area (Å²) in [7, 11) is -5.11. The van der Waals surface area contributed by atoms with Gasteiger partial charge in [0.2, 0.25) is 5.91 Å². The quantitative estimate of drug-likeness (QED) is 0.0211. The van der Waals surface area contributed by atoms with Gasteiger partial charge < -0.3 is 46.0 Å².